The molecule has 0 aromatic carbocycles. The number of hydrogen-bond acceptors (Lipinski definition) is 3. The molecule has 0 radical (unpaired) electrons. The van der Waals surface area contributed by atoms with Gasteiger partial charge in [-0.05, 0) is 40.0 Å². The molecular formula is C16H31NO3S. The Kier molecular flexibility index (Phi) is 4.77. The molecular weight excluding hydrogens is 286 g/mol. The fraction of sp³-hybridized carbons (Fsp3) is 1.00. The molecule has 5 heteroatoms. The van der Waals surface area contributed by atoms with Crippen molar-refractivity contribution in [2.45, 2.75) is 101 Å². The lowest BCUT2D eigenvalue weighted by atomic mass is 9.94. The maximum Gasteiger partial charge on any atom is 0.219 e. The monoisotopic (exact) mass is 317 g/mol. The van der Waals surface area contributed by atoms with Crippen molar-refractivity contribution < 1.29 is 13.5 Å². The molecule has 4 nitrogen and oxygen atoms in total. The van der Waals surface area contributed by atoms with Crippen LogP contribution < -0.4 is 0 Å². The van der Waals surface area contributed by atoms with Crippen LogP contribution in [-0.4, -0.2) is 40.3 Å². The second-order valence-electron chi connectivity index (χ2n) is 7.77. The maximum atomic E-state index is 12.8. The SMILES string of the molecule is CCCCCC1C(C2(O)CCCC2)N1S(=O)(=O)C(C)(C)C. The van der Waals surface area contributed by atoms with Gasteiger partial charge < -0.3 is 5.11 Å². The fourth-order valence-electron chi connectivity index (χ4n) is 3.67. The van der Waals surface area contributed by atoms with Crippen molar-refractivity contribution in [2.24, 2.45) is 0 Å². The number of unbranched alkanes of at least 4 members (excludes halogenated alkanes) is 2. The van der Waals surface area contributed by atoms with Crippen molar-refractivity contribution in [1.29, 1.82) is 0 Å². The zero-order valence-electron chi connectivity index (χ0n) is 13.9. The van der Waals surface area contributed by atoms with Crippen LogP contribution in [0.25, 0.3) is 0 Å². The Morgan fingerprint density at radius 2 is 1.76 bits per heavy atom. The lowest BCUT2D eigenvalue weighted by Crippen LogP contribution is -2.40. The third kappa shape index (κ3) is 3.15. The smallest absolute Gasteiger partial charge is 0.219 e. The van der Waals surface area contributed by atoms with E-state index in [1.165, 1.54) is 0 Å². The van der Waals surface area contributed by atoms with Gasteiger partial charge in [-0.3, -0.25) is 0 Å². The molecule has 2 aliphatic rings. The largest absolute Gasteiger partial charge is 0.388 e. The number of sulfonamides is 1. The molecule has 0 bridgehead atoms. The second-order valence-corrected chi connectivity index (χ2v) is 10.4. The van der Waals surface area contributed by atoms with Crippen LogP contribution in [0.2, 0.25) is 0 Å². The lowest BCUT2D eigenvalue weighted by molar-refractivity contribution is 0.0381. The van der Waals surface area contributed by atoms with Gasteiger partial charge in [0.15, 0.2) is 0 Å². The van der Waals surface area contributed by atoms with Gasteiger partial charge >= 0.3 is 0 Å². The lowest BCUT2D eigenvalue weighted by Gasteiger charge is -2.25. The number of hydrogen-bond donors (Lipinski definition) is 1. The van der Waals surface area contributed by atoms with E-state index in [0.29, 0.717) is 0 Å². The summed E-state index contributed by atoms with van der Waals surface area (Å²) in [6.45, 7) is 7.40. The summed E-state index contributed by atoms with van der Waals surface area (Å²) in [5, 5.41) is 10.9. The van der Waals surface area contributed by atoms with E-state index in [1.807, 2.05) is 0 Å². The Labute approximate surface area is 130 Å². The first kappa shape index (κ1) is 17.2. The Bertz CT molecular complexity index is 460. The number of aliphatic hydroxyl groups is 1. The molecule has 1 heterocycles. The minimum Gasteiger partial charge on any atom is -0.388 e. The predicted octanol–water partition coefficient (Wildman–Crippen LogP) is 3.05. The Morgan fingerprint density at radius 3 is 2.24 bits per heavy atom. The quantitative estimate of drug-likeness (QED) is 0.605. The Hall–Kier alpha value is -0.130. The topological polar surface area (TPSA) is 57.4 Å². The summed E-state index contributed by atoms with van der Waals surface area (Å²) < 4.78 is 26.4. The first-order chi connectivity index (χ1) is 9.65. The minimum atomic E-state index is -3.34. The van der Waals surface area contributed by atoms with Gasteiger partial charge in [-0.15, -0.1) is 0 Å². The van der Waals surface area contributed by atoms with Crippen molar-refractivity contribution >= 4 is 10.0 Å². The zero-order chi connectivity index (χ0) is 15.9. The van der Waals surface area contributed by atoms with Crippen LogP contribution in [0.15, 0.2) is 0 Å². The molecule has 3 atom stereocenters. The molecule has 3 unspecified atom stereocenters. The molecule has 0 aromatic rings. The highest BCUT2D eigenvalue weighted by Gasteiger charge is 2.65. The summed E-state index contributed by atoms with van der Waals surface area (Å²) in [5.74, 6) is 0. The first-order valence-electron chi connectivity index (χ1n) is 8.40. The van der Waals surface area contributed by atoms with Gasteiger partial charge in [0.05, 0.1) is 16.4 Å². The summed E-state index contributed by atoms with van der Waals surface area (Å²) in [6, 6.07) is -0.162. The summed E-state index contributed by atoms with van der Waals surface area (Å²) >= 11 is 0. The van der Waals surface area contributed by atoms with Gasteiger partial charge in [0.1, 0.15) is 0 Å². The second kappa shape index (κ2) is 5.82. The van der Waals surface area contributed by atoms with Crippen LogP contribution in [-0.2, 0) is 10.0 Å². The standard InChI is InChI=1S/C16H31NO3S/c1-5-6-7-10-13-14(16(18)11-8-9-12-16)17(13)21(19,20)15(2,3)4/h13-14,18H,5-12H2,1-4H3. The van der Waals surface area contributed by atoms with E-state index < -0.39 is 20.4 Å². The van der Waals surface area contributed by atoms with Gasteiger partial charge in [0.25, 0.3) is 0 Å². The van der Waals surface area contributed by atoms with E-state index in [9.17, 15) is 13.5 Å². The van der Waals surface area contributed by atoms with E-state index in [-0.39, 0.29) is 12.1 Å². The van der Waals surface area contributed by atoms with Crippen LogP contribution in [0.4, 0.5) is 0 Å². The highest BCUT2D eigenvalue weighted by Crippen LogP contribution is 2.50. The molecule has 2 fully saturated rings. The van der Waals surface area contributed by atoms with Crippen LogP contribution in [0.5, 0.6) is 0 Å². The Morgan fingerprint density at radius 1 is 1.19 bits per heavy atom. The van der Waals surface area contributed by atoms with Crippen LogP contribution in [0.1, 0.15) is 79.1 Å². The van der Waals surface area contributed by atoms with Crippen molar-refractivity contribution in [1.82, 2.24) is 4.31 Å². The first-order valence-corrected chi connectivity index (χ1v) is 9.84. The van der Waals surface area contributed by atoms with E-state index >= 15 is 0 Å². The molecule has 1 aliphatic heterocycles. The molecule has 1 aliphatic carbocycles. The van der Waals surface area contributed by atoms with Crippen LogP contribution in [0.3, 0.4) is 0 Å². The Balaban J connectivity index is 2.17. The van der Waals surface area contributed by atoms with Gasteiger partial charge in [-0.2, -0.15) is 4.31 Å². The predicted molar refractivity (Wildman–Crippen MR) is 85.6 cm³/mol. The van der Waals surface area contributed by atoms with Gasteiger partial charge in [0, 0.05) is 6.04 Å². The van der Waals surface area contributed by atoms with Gasteiger partial charge in [0.2, 0.25) is 10.0 Å². The molecule has 0 aromatic heterocycles. The zero-order valence-corrected chi connectivity index (χ0v) is 14.7. The molecule has 1 N–H and O–H groups in total. The van der Waals surface area contributed by atoms with Crippen LogP contribution >= 0.6 is 0 Å². The third-order valence-electron chi connectivity index (χ3n) is 5.05. The van der Waals surface area contributed by atoms with Crippen molar-refractivity contribution in [3.8, 4) is 0 Å². The summed E-state index contributed by atoms with van der Waals surface area (Å²) in [5.41, 5.74) is -0.783. The molecule has 1 saturated heterocycles. The summed E-state index contributed by atoms with van der Waals surface area (Å²) in [7, 11) is -3.34. The molecule has 2 rings (SSSR count). The number of rotatable bonds is 6. The highest BCUT2D eigenvalue weighted by molar-refractivity contribution is 7.90. The maximum absolute atomic E-state index is 12.8. The van der Waals surface area contributed by atoms with E-state index in [4.69, 9.17) is 0 Å². The molecule has 1 saturated carbocycles. The molecule has 0 amide bonds. The normalized spacial score (nSPS) is 32.3. The van der Waals surface area contributed by atoms with Crippen LogP contribution in [0, 0.1) is 0 Å². The summed E-state index contributed by atoms with van der Waals surface area (Å²) in [6.07, 6.45) is 7.71. The average Bonchev–Trinajstić information content (AvgIpc) is 2.95. The third-order valence-corrected chi connectivity index (χ3v) is 7.65. The van der Waals surface area contributed by atoms with E-state index in [2.05, 4.69) is 6.92 Å². The summed E-state index contributed by atoms with van der Waals surface area (Å²) in [4.78, 5) is 0. The number of nitrogens with zero attached hydrogens (tertiary/aromatic N) is 1. The van der Waals surface area contributed by atoms with Crippen molar-refractivity contribution in [2.75, 3.05) is 0 Å². The van der Waals surface area contributed by atoms with E-state index in [1.54, 1.807) is 25.1 Å². The molecule has 0 spiro atoms. The highest BCUT2D eigenvalue weighted by atomic mass is 32.2. The molecule has 21 heavy (non-hydrogen) atoms. The molecule has 124 valence electrons. The van der Waals surface area contributed by atoms with Gasteiger partial charge in [-0.25, -0.2) is 8.42 Å². The van der Waals surface area contributed by atoms with E-state index in [0.717, 1.165) is 51.4 Å². The fourth-order valence-corrected chi connectivity index (χ4v) is 5.46. The minimum absolute atomic E-state index is 0.0175. The van der Waals surface area contributed by atoms with Gasteiger partial charge in [-0.1, -0.05) is 39.0 Å². The average molecular weight is 317 g/mol. The van der Waals surface area contributed by atoms with Crippen molar-refractivity contribution in [3.63, 3.8) is 0 Å². The van der Waals surface area contributed by atoms with Crippen molar-refractivity contribution in [3.05, 3.63) is 0 Å².